The molecule has 0 spiro atoms. The molecule has 0 atom stereocenters. The van der Waals surface area contributed by atoms with Crippen molar-refractivity contribution >= 4 is 28.2 Å². The molecule has 106 valence electrons. The number of esters is 1. The molecule has 1 rings (SSSR count). The number of aryl methyl sites for hydroxylation is 1. The van der Waals surface area contributed by atoms with Crippen LogP contribution in [-0.4, -0.2) is 31.7 Å². The lowest BCUT2D eigenvalue weighted by Gasteiger charge is -2.06. The van der Waals surface area contributed by atoms with Crippen LogP contribution in [0.5, 0.6) is 0 Å². The highest BCUT2D eigenvalue weighted by Crippen LogP contribution is 2.28. The van der Waals surface area contributed by atoms with Crippen LogP contribution in [0, 0.1) is 6.92 Å². The van der Waals surface area contributed by atoms with Gasteiger partial charge in [-0.1, -0.05) is 0 Å². The minimum absolute atomic E-state index is 0.166. The van der Waals surface area contributed by atoms with Crippen molar-refractivity contribution in [3.8, 4) is 0 Å². The van der Waals surface area contributed by atoms with Crippen molar-refractivity contribution in [2.75, 3.05) is 25.1 Å². The van der Waals surface area contributed by atoms with Gasteiger partial charge < -0.3 is 14.8 Å². The van der Waals surface area contributed by atoms with Crippen molar-refractivity contribution in [1.82, 2.24) is 0 Å². The normalized spacial score (nSPS) is 10.3. The van der Waals surface area contributed by atoms with Crippen molar-refractivity contribution in [2.45, 2.75) is 27.2 Å². The first kappa shape index (κ1) is 15.7. The molecule has 5 nitrogen and oxygen atoms in total. The Morgan fingerprint density at radius 2 is 2.05 bits per heavy atom. The predicted octanol–water partition coefficient (Wildman–Crippen LogP) is 2.60. The molecule has 1 aromatic rings. The Morgan fingerprint density at radius 3 is 2.68 bits per heavy atom. The number of anilines is 1. The summed E-state index contributed by atoms with van der Waals surface area (Å²) in [5.41, 5.74) is 0.411. The molecule has 0 unspecified atom stereocenters. The Bertz CT molecular complexity index is 442. The van der Waals surface area contributed by atoms with Gasteiger partial charge in [-0.3, -0.25) is 4.79 Å². The van der Waals surface area contributed by atoms with E-state index in [-0.39, 0.29) is 12.3 Å². The molecule has 0 aliphatic rings. The minimum atomic E-state index is -0.410. The van der Waals surface area contributed by atoms with Crippen LogP contribution in [0.4, 0.5) is 5.00 Å². The van der Waals surface area contributed by atoms with Crippen LogP contribution >= 0.6 is 11.3 Å². The zero-order chi connectivity index (χ0) is 14.3. The fourth-order valence-corrected chi connectivity index (χ4v) is 2.38. The summed E-state index contributed by atoms with van der Waals surface area (Å²) in [6.07, 6.45) is 0.271. The number of nitrogens with one attached hydrogen (secondary N) is 1. The van der Waals surface area contributed by atoms with E-state index in [2.05, 4.69) is 5.32 Å². The van der Waals surface area contributed by atoms with Gasteiger partial charge in [-0.2, -0.15) is 0 Å². The molecule has 0 aromatic carbocycles. The van der Waals surface area contributed by atoms with E-state index in [9.17, 15) is 9.59 Å². The van der Waals surface area contributed by atoms with E-state index in [1.165, 1.54) is 11.3 Å². The lowest BCUT2D eigenvalue weighted by Crippen LogP contribution is -2.15. The maximum Gasteiger partial charge on any atom is 0.341 e. The summed E-state index contributed by atoms with van der Waals surface area (Å²) in [7, 11) is 0. The van der Waals surface area contributed by atoms with Gasteiger partial charge in [-0.15, -0.1) is 11.3 Å². The fourth-order valence-electron chi connectivity index (χ4n) is 1.47. The second kappa shape index (κ2) is 7.91. The first-order chi connectivity index (χ1) is 9.08. The summed E-state index contributed by atoms with van der Waals surface area (Å²) in [6, 6.07) is 1.72. The number of hydrogen-bond donors (Lipinski definition) is 1. The van der Waals surface area contributed by atoms with Gasteiger partial charge in [-0.05, 0) is 26.8 Å². The molecular weight excluding hydrogens is 266 g/mol. The number of hydrogen-bond acceptors (Lipinski definition) is 5. The van der Waals surface area contributed by atoms with Crippen LogP contribution in [0.1, 0.15) is 35.5 Å². The second-order valence-corrected chi connectivity index (χ2v) is 5.07. The summed E-state index contributed by atoms with van der Waals surface area (Å²) in [5, 5.41) is 3.27. The molecule has 0 bridgehead atoms. The Morgan fingerprint density at radius 1 is 1.32 bits per heavy atom. The smallest absolute Gasteiger partial charge is 0.341 e. The molecule has 6 heteroatoms. The summed E-state index contributed by atoms with van der Waals surface area (Å²) < 4.78 is 10.1. The Balaban J connectivity index is 2.67. The van der Waals surface area contributed by atoms with Crippen LogP contribution in [0.25, 0.3) is 0 Å². The largest absolute Gasteiger partial charge is 0.462 e. The lowest BCUT2D eigenvalue weighted by atomic mass is 10.3. The van der Waals surface area contributed by atoms with Crippen molar-refractivity contribution in [1.29, 1.82) is 0 Å². The molecule has 0 aliphatic carbocycles. The first-order valence-corrected chi connectivity index (χ1v) is 7.05. The number of ether oxygens (including phenoxy) is 2. The highest BCUT2D eigenvalue weighted by molar-refractivity contribution is 7.16. The van der Waals surface area contributed by atoms with Gasteiger partial charge in [-0.25, -0.2) is 4.79 Å². The maximum absolute atomic E-state index is 11.7. The average molecular weight is 285 g/mol. The highest BCUT2D eigenvalue weighted by atomic mass is 32.1. The van der Waals surface area contributed by atoms with Gasteiger partial charge in [0.1, 0.15) is 5.00 Å². The van der Waals surface area contributed by atoms with E-state index in [0.717, 1.165) is 4.88 Å². The standard InChI is InChI=1S/C13H19NO4S/c1-4-17-7-6-11(15)14-12-10(8-9(3)19-12)13(16)18-5-2/h8H,4-7H2,1-3H3,(H,14,15). The fraction of sp³-hybridized carbons (Fsp3) is 0.538. The van der Waals surface area contributed by atoms with E-state index in [0.29, 0.717) is 30.4 Å². The van der Waals surface area contributed by atoms with E-state index in [4.69, 9.17) is 9.47 Å². The summed E-state index contributed by atoms with van der Waals surface area (Å²) >= 11 is 1.36. The van der Waals surface area contributed by atoms with Crippen LogP contribution in [0.2, 0.25) is 0 Å². The van der Waals surface area contributed by atoms with E-state index >= 15 is 0 Å². The van der Waals surface area contributed by atoms with Gasteiger partial charge in [0, 0.05) is 11.5 Å². The van der Waals surface area contributed by atoms with Crippen LogP contribution in [-0.2, 0) is 14.3 Å². The molecule has 19 heavy (non-hydrogen) atoms. The Kier molecular flexibility index (Phi) is 6.52. The zero-order valence-electron chi connectivity index (χ0n) is 11.4. The van der Waals surface area contributed by atoms with Crippen molar-refractivity contribution in [3.05, 3.63) is 16.5 Å². The molecule has 1 aromatic heterocycles. The van der Waals surface area contributed by atoms with E-state index < -0.39 is 5.97 Å². The minimum Gasteiger partial charge on any atom is -0.462 e. The lowest BCUT2D eigenvalue weighted by molar-refractivity contribution is -0.117. The van der Waals surface area contributed by atoms with Crippen molar-refractivity contribution in [3.63, 3.8) is 0 Å². The van der Waals surface area contributed by atoms with Crippen LogP contribution in [0.3, 0.4) is 0 Å². The molecule has 0 saturated carbocycles. The molecule has 1 N–H and O–H groups in total. The first-order valence-electron chi connectivity index (χ1n) is 6.23. The SMILES string of the molecule is CCOCCC(=O)Nc1sc(C)cc1C(=O)OCC. The van der Waals surface area contributed by atoms with Gasteiger partial charge in [0.2, 0.25) is 5.91 Å². The third kappa shape index (κ3) is 5.00. The van der Waals surface area contributed by atoms with Gasteiger partial charge >= 0.3 is 5.97 Å². The van der Waals surface area contributed by atoms with Crippen LogP contribution in [0.15, 0.2) is 6.07 Å². The van der Waals surface area contributed by atoms with Crippen LogP contribution < -0.4 is 5.32 Å². The quantitative estimate of drug-likeness (QED) is 0.618. The van der Waals surface area contributed by atoms with Gasteiger partial charge in [0.25, 0.3) is 0 Å². The number of carbonyl (C=O) groups excluding carboxylic acids is 2. The molecule has 0 saturated heterocycles. The number of carbonyl (C=O) groups is 2. The predicted molar refractivity (Wildman–Crippen MR) is 74.8 cm³/mol. The summed E-state index contributed by atoms with van der Waals surface area (Å²) in [6.45, 7) is 6.77. The number of amides is 1. The van der Waals surface area contributed by atoms with Crippen molar-refractivity contribution in [2.24, 2.45) is 0 Å². The number of thiophene rings is 1. The third-order valence-electron chi connectivity index (χ3n) is 2.28. The average Bonchev–Trinajstić information content (AvgIpc) is 2.71. The maximum atomic E-state index is 11.7. The molecular formula is C13H19NO4S. The van der Waals surface area contributed by atoms with Gasteiger partial charge in [0.05, 0.1) is 25.2 Å². The third-order valence-corrected chi connectivity index (χ3v) is 3.25. The molecule has 1 amide bonds. The molecule has 0 fully saturated rings. The molecule has 0 radical (unpaired) electrons. The molecule has 0 aliphatic heterocycles. The zero-order valence-corrected chi connectivity index (χ0v) is 12.3. The molecule has 1 heterocycles. The van der Waals surface area contributed by atoms with E-state index in [1.807, 2.05) is 13.8 Å². The van der Waals surface area contributed by atoms with E-state index in [1.54, 1.807) is 13.0 Å². The monoisotopic (exact) mass is 285 g/mol. The van der Waals surface area contributed by atoms with Crippen molar-refractivity contribution < 1.29 is 19.1 Å². The second-order valence-electron chi connectivity index (χ2n) is 3.82. The topological polar surface area (TPSA) is 64.6 Å². The van der Waals surface area contributed by atoms with Gasteiger partial charge in [0.15, 0.2) is 0 Å². The summed E-state index contributed by atoms with van der Waals surface area (Å²) in [4.78, 5) is 24.4. The Hall–Kier alpha value is -1.40. The summed E-state index contributed by atoms with van der Waals surface area (Å²) in [5.74, 6) is -0.576. The Labute approximate surface area is 116 Å². The highest BCUT2D eigenvalue weighted by Gasteiger charge is 2.17. The number of rotatable bonds is 7.